The molecule has 2 aromatic carbocycles. The largest absolute Gasteiger partial charge is 0.447 e. The molecule has 0 aliphatic heterocycles. The first kappa shape index (κ1) is 22.8. The van der Waals surface area contributed by atoms with Crippen LogP contribution in [-0.2, 0) is 10.3 Å². The second-order valence-corrected chi connectivity index (χ2v) is 8.63. The molecule has 1 heterocycles. The van der Waals surface area contributed by atoms with Crippen LogP contribution in [0.4, 0.5) is 15.4 Å². The van der Waals surface area contributed by atoms with Gasteiger partial charge in [-0.25, -0.2) is 21.1 Å². The lowest BCUT2D eigenvalue weighted by atomic mass is 9.92. The Morgan fingerprint density at radius 1 is 1.26 bits per heavy atom. The van der Waals surface area contributed by atoms with Crippen molar-refractivity contribution in [2.45, 2.75) is 24.4 Å². The summed E-state index contributed by atoms with van der Waals surface area (Å²) in [5.74, 6) is 2.73. The van der Waals surface area contributed by atoms with Crippen LogP contribution in [0.5, 0.6) is 0 Å². The molecular formula is C25H21N5O3S. The molecule has 34 heavy (non-hydrogen) atoms. The van der Waals surface area contributed by atoms with E-state index in [2.05, 4.69) is 26.4 Å². The summed E-state index contributed by atoms with van der Waals surface area (Å²) in [6, 6.07) is 14.3. The number of hydrogen-bond acceptors (Lipinski definition) is 5. The van der Waals surface area contributed by atoms with Crippen molar-refractivity contribution in [2.24, 2.45) is 5.73 Å². The molecule has 0 unspecified atom stereocenters. The van der Waals surface area contributed by atoms with Crippen molar-refractivity contribution in [3.05, 3.63) is 81.5 Å². The smallest absolute Gasteiger partial charge is 0.404 e. The van der Waals surface area contributed by atoms with Crippen LogP contribution in [0.3, 0.4) is 0 Å². The summed E-state index contributed by atoms with van der Waals surface area (Å²) in [4.78, 5) is 31.6. The van der Waals surface area contributed by atoms with Crippen LogP contribution < -0.4 is 16.4 Å². The number of thiazole rings is 1. The van der Waals surface area contributed by atoms with Gasteiger partial charge < -0.3 is 20.6 Å². The van der Waals surface area contributed by atoms with Crippen LogP contribution in [0.15, 0.2) is 53.9 Å². The zero-order valence-corrected chi connectivity index (χ0v) is 18.9. The number of aromatic nitrogens is 1. The highest BCUT2D eigenvalue weighted by Crippen LogP contribution is 2.52. The Morgan fingerprint density at radius 3 is 2.62 bits per heavy atom. The van der Waals surface area contributed by atoms with Gasteiger partial charge in [0.25, 0.3) is 5.54 Å². The number of urea groups is 1. The van der Waals surface area contributed by atoms with Crippen molar-refractivity contribution in [3.8, 4) is 23.5 Å². The van der Waals surface area contributed by atoms with Gasteiger partial charge in [0.15, 0.2) is 5.01 Å². The first-order valence-electron chi connectivity index (χ1n) is 10.4. The van der Waals surface area contributed by atoms with Gasteiger partial charge in [0.1, 0.15) is 12.4 Å². The van der Waals surface area contributed by atoms with Crippen molar-refractivity contribution >= 4 is 29.3 Å². The third-order valence-corrected chi connectivity index (χ3v) is 6.33. The molecule has 8 nitrogen and oxygen atoms in total. The lowest BCUT2D eigenvalue weighted by Crippen LogP contribution is -2.36. The molecule has 170 valence electrons. The summed E-state index contributed by atoms with van der Waals surface area (Å²) < 4.78 is 4.96. The maximum Gasteiger partial charge on any atom is 0.404 e. The maximum atomic E-state index is 12.5. The molecule has 3 amide bonds. The summed E-state index contributed by atoms with van der Waals surface area (Å²) in [5.41, 5.74) is 8.40. The zero-order chi connectivity index (χ0) is 24.1. The van der Waals surface area contributed by atoms with E-state index in [-0.39, 0.29) is 6.61 Å². The molecule has 1 aromatic heterocycles. The normalized spacial score (nSPS) is 14.2. The minimum atomic E-state index is -0.940. The van der Waals surface area contributed by atoms with Gasteiger partial charge in [-0.05, 0) is 22.6 Å². The Labute approximate surface area is 201 Å². The Bertz CT molecular complexity index is 1300. The van der Waals surface area contributed by atoms with E-state index in [0.29, 0.717) is 16.4 Å². The van der Waals surface area contributed by atoms with Gasteiger partial charge in [0, 0.05) is 23.8 Å². The third-order valence-electron chi connectivity index (χ3n) is 5.56. The number of nitrogens with two attached hydrogens (primary N) is 1. The van der Waals surface area contributed by atoms with Gasteiger partial charge in [0.2, 0.25) is 0 Å². The quantitative estimate of drug-likeness (QED) is 0.344. The van der Waals surface area contributed by atoms with Crippen molar-refractivity contribution in [1.29, 1.82) is 0 Å². The number of carbonyl (C=O) groups is 2. The molecule has 1 atom stereocenters. The summed E-state index contributed by atoms with van der Waals surface area (Å²) in [7, 11) is 0. The average Bonchev–Trinajstić information content (AvgIpc) is 3.53. The maximum absolute atomic E-state index is 12.5. The minimum absolute atomic E-state index is 0.147. The van der Waals surface area contributed by atoms with Gasteiger partial charge in [-0.2, -0.15) is 0 Å². The molecule has 0 bridgehead atoms. The van der Waals surface area contributed by atoms with E-state index in [9.17, 15) is 9.59 Å². The first-order chi connectivity index (χ1) is 16.4. The molecule has 0 radical (unpaired) electrons. The van der Waals surface area contributed by atoms with Crippen LogP contribution >= 0.6 is 11.3 Å². The Morgan fingerprint density at radius 2 is 2.00 bits per heavy atom. The molecule has 1 fully saturated rings. The predicted molar refractivity (Wildman–Crippen MR) is 130 cm³/mol. The van der Waals surface area contributed by atoms with E-state index in [1.807, 2.05) is 48.5 Å². The lowest BCUT2D eigenvalue weighted by Gasteiger charge is -2.19. The molecule has 0 saturated heterocycles. The van der Waals surface area contributed by atoms with Gasteiger partial charge in [0.05, 0.1) is 6.04 Å². The third kappa shape index (κ3) is 5.01. The second kappa shape index (κ2) is 9.65. The Balaban J connectivity index is 1.54. The molecule has 1 aliphatic rings. The summed E-state index contributed by atoms with van der Waals surface area (Å²) in [5, 5.41) is 7.46. The van der Waals surface area contributed by atoms with Crippen molar-refractivity contribution < 1.29 is 14.3 Å². The number of anilines is 1. The summed E-state index contributed by atoms with van der Waals surface area (Å²) >= 11 is 1.24. The number of rotatable bonds is 7. The number of nitrogens with one attached hydrogen (secondary N) is 2. The second-order valence-electron chi connectivity index (χ2n) is 7.77. The molecule has 3 aromatic rings. The van der Waals surface area contributed by atoms with Crippen molar-refractivity contribution in [1.82, 2.24) is 10.3 Å². The topological polar surface area (TPSA) is 111 Å². The van der Waals surface area contributed by atoms with Gasteiger partial charge in [-0.3, -0.25) is 5.32 Å². The average molecular weight is 472 g/mol. The number of amides is 3. The van der Waals surface area contributed by atoms with Crippen LogP contribution in [-0.4, -0.2) is 23.7 Å². The highest BCUT2D eigenvalue weighted by atomic mass is 32.1. The minimum Gasteiger partial charge on any atom is -0.447 e. The van der Waals surface area contributed by atoms with E-state index < -0.39 is 23.7 Å². The fourth-order valence-corrected chi connectivity index (χ4v) is 4.24. The van der Waals surface area contributed by atoms with Crippen molar-refractivity contribution in [3.63, 3.8) is 0 Å². The molecular weight excluding hydrogens is 450 g/mol. The number of ether oxygens (including phenoxy) is 1. The highest BCUT2D eigenvalue weighted by molar-refractivity contribution is 7.10. The fourth-order valence-electron chi connectivity index (χ4n) is 3.69. The number of carbonyl (C=O) groups excluding carboxylic acids is 2. The number of primary amides is 1. The van der Waals surface area contributed by atoms with E-state index in [4.69, 9.17) is 23.5 Å². The number of nitrogens with zero attached hydrogens (tertiary/aromatic N) is 2. The lowest BCUT2D eigenvalue weighted by molar-refractivity contribution is 0.144. The number of benzene rings is 2. The first-order valence-corrected chi connectivity index (χ1v) is 11.3. The Kier molecular flexibility index (Phi) is 6.48. The molecule has 4 N–H and O–H groups in total. The standard InChI is InChI=1S/C25H21N5O3S/c1-3-22-29-21(15-34-22)30-24(32)28-20(14-33-23(26)31)17-10-8-16(9-11-17)18-6-4-5-7-19(18)25(27-2)12-13-25/h1,4-11,15,20H,12-14H2,(H2,26,31)(H2,28,30,32)/t20-/m0/s1. The summed E-state index contributed by atoms with van der Waals surface area (Å²) in [6.45, 7) is 7.46. The van der Waals surface area contributed by atoms with E-state index in [0.717, 1.165) is 29.5 Å². The molecule has 1 aliphatic carbocycles. The highest BCUT2D eigenvalue weighted by Gasteiger charge is 2.53. The SMILES string of the molecule is [C-]#[N+]C1(c2ccccc2-c2ccc([C@H](COC(N)=O)NC(=O)Nc3csc(C#C)n3)cc2)CC1. The van der Waals surface area contributed by atoms with E-state index >= 15 is 0 Å². The van der Waals surface area contributed by atoms with Gasteiger partial charge >= 0.3 is 12.1 Å². The Hall–Kier alpha value is -4.34. The van der Waals surface area contributed by atoms with E-state index in [1.165, 1.54) is 11.3 Å². The van der Waals surface area contributed by atoms with Gasteiger partial charge in [-0.15, -0.1) is 17.8 Å². The number of terminal acetylenes is 1. The number of hydrogen-bond donors (Lipinski definition) is 3. The van der Waals surface area contributed by atoms with Crippen LogP contribution in [0.25, 0.3) is 16.0 Å². The van der Waals surface area contributed by atoms with Crippen molar-refractivity contribution in [2.75, 3.05) is 11.9 Å². The molecule has 1 saturated carbocycles. The monoisotopic (exact) mass is 471 g/mol. The molecule has 0 spiro atoms. The zero-order valence-electron chi connectivity index (χ0n) is 18.1. The van der Waals surface area contributed by atoms with Crippen LogP contribution in [0, 0.1) is 18.9 Å². The van der Waals surface area contributed by atoms with Gasteiger partial charge in [-0.1, -0.05) is 48.5 Å². The summed E-state index contributed by atoms with van der Waals surface area (Å²) in [6.07, 6.45) is 6.09. The molecule has 9 heteroatoms. The molecule has 4 rings (SSSR count). The van der Waals surface area contributed by atoms with E-state index in [1.54, 1.807) is 5.38 Å². The van der Waals surface area contributed by atoms with Crippen LogP contribution in [0.1, 0.15) is 35.0 Å². The fraction of sp³-hybridized carbons (Fsp3) is 0.200. The van der Waals surface area contributed by atoms with Crippen LogP contribution in [0.2, 0.25) is 0 Å². The predicted octanol–water partition coefficient (Wildman–Crippen LogP) is 4.66.